The Labute approximate surface area is 148 Å². The first kappa shape index (κ1) is 18.5. The second-order valence-corrected chi connectivity index (χ2v) is 7.22. The first-order valence-corrected chi connectivity index (χ1v) is 7.93. The number of aromatic nitrogens is 1. The zero-order valence-electron chi connectivity index (χ0n) is 14.2. The van der Waals surface area contributed by atoms with Gasteiger partial charge in [0.05, 0.1) is 0 Å². The molecule has 1 aromatic carbocycles. The molecule has 2 heterocycles. The summed E-state index contributed by atoms with van der Waals surface area (Å²) in [5.41, 5.74) is 7.62. The number of benzene rings is 1. The van der Waals surface area contributed by atoms with E-state index < -0.39 is 0 Å². The number of carbonyl (C=O) groups is 1. The molecule has 5 nitrogen and oxygen atoms in total. The quantitative estimate of drug-likeness (QED) is 0.904. The van der Waals surface area contributed by atoms with E-state index in [0.29, 0.717) is 24.5 Å². The summed E-state index contributed by atoms with van der Waals surface area (Å²) in [6, 6.07) is 11.8. The molecule has 1 amide bonds. The predicted molar refractivity (Wildman–Crippen MR) is 95.5 cm³/mol. The van der Waals surface area contributed by atoms with Gasteiger partial charge in [0.25, 0.3) is 5.91 Å². The minimum absolute atomic E-state index is 0. The lowest BCUT2D eigenvalue weighted by atomic mass is 9.93. The molecule has 1 saturated heterocycles. The fraction of sp³-hybridized carbons (Fsp3) is 0.444. The lowest BCUT2D eigenvalue weighted by Gasteiger charge is -2.15. The Balaban J connectivity index is 0.00000208. The van der Waals surface area contributed by atoms with Gasteiger partial charge in [0, 0.05) is 36.5 Å². The highest BCUT2D eigenvalue weighted by atomic mass is 35.5. The highest BCUT2D eigenvalue weighted by Crippen LogP contribution is 2.28. The number of hydrogen-bond acceptors (Lipinski definition) is 4. The van der Waals surface area contributed by atoms with Crippen molar-refractivity contribution in [2.45, 2.75) is 38.1 Å². The number of likely N-dealkylation sites (tertiary alicyclic amines) is 1. The topological polar surface area (TPSA) is 72.4 Å². The average molecular weight is 350 g/mol. The maximum absolute atomic E-state index is 12.7. The Hall–Kier alpha value is -1.85. The number of carbonyl (C=O) groups excluding carboxylic acids is 1. The van der Waals surface area contributed by atoms with Gasteiger partial charge in [0.2, 0.25) is 0 Å². The van der Waals surface area contributed by atoms with Crippen LogP contribution in [-0.2, 0) is 5.41 Å². The summed E-state index contributed by atoms with van der Waals surface area (Å²) in [4.78, 5) is 14.4. The second kappa shape index (κ2) is 6.95. The molecule has 1 aromatic heterocycles. The molecular weight excluding hydrogens is 326 g/mol. The number of nitrogens with two attached hydrogens (primary N) is 1. The van der Waals surface area contributed by atoms with E-state index in [2.05, 4.69) is 17.3 Å². The smallest absolute Gasteiger partial charge is 0.276 e. The number of nitrogens with zero attached hydrogens (tertiary/aromatic N) is 2. The summed E-state index contributed by atoms with van der Waals surface area (Å²) in [7, 11) is 0. The van der Waals surface area contributed by atoms with E-state index in [-0.39, 0.29) is 35.7 Å². The van der Waals surface area contributed by atoms with Crippen LogP contribution in [0, 0.1) is 0 Å². The van der Waals surface area contributed by atoms with Gasteiger partial charge in [-0.25, -0.2) is 0 Å². The molecule has 3 rings (SSSR count). The van der Waals surface area contributed by atoms with Crippen molar-refractivity contribution in [3.05, 3.63) is 53.4 Å². The van der Waals surface area contributed by atoms with Gasteiger partial charge in [-0.15, -0.1) is 12.4 Å². The summed E-state index contributed by atoms with van der Waals surface area (Å²) in [6.45, 7) is 7.23. The second-order valence-electron chi connectivity index (χ2n) is 7.22. The zero-order chi connectivity index (χ0) is 16.6. The minimum Gasteiger partial charge on any atom is -0.360 e. The van der Waals surface area contributed by atoms with Crippen LogP contribution in [0.25, 0.3) is 0 Å². The highest BCUT2D eigenvalue weighted by Gasteiger charge is 2.35. The minimum atomic E-state index is -0.167. The fourth-order valence-corrected chi connectivity index (χ4v) is 2.94. The van der Waals surface area contributed by atoms with Gasteiger partial charge in [-0.05, 0) is 5.56 Å². The monoisotopic (exact) mass is 349 g/mol. The van der Waals surface area contributed by atoms with Gasteiger partial charge in [-0.3, -0.25) is 4.79 Å². The van der Waals surface area contributed by atoms with Gasteiger partial charge in [-0.2, -0.15) is 0 Å². The van der Waals surface area contributed by atoms with Gasteiger partial charge in [0.1, 0.15) is 5.76 Å². The molecule has 0 spiro atoms. The van der Waals surface area contributed by atoms with Gasteiger partial charge < -0.3 is 15.2 Å². The first-order chi connectivity index (χ1) is 10.9. The summed E-state index contributed by atoms with van der Waals surface area (Å²) in [6.07, 6.45) is 0. The first-order valence-electron chi connectivity index (χ1n) is 7.93. The van der Waals surface area contributed by atoms with Crippen LogP contribution in [0.2, 0.25) is 0 Å². The average Bonchev–Trinajstić information content (AvgIpc) is 3.14. The molecular formula is C18H24ClN3O2. The van der Waals surface area contributed by atoms with Crippen molar-refractivity contribution in [3.8, 4) is 0 Å². The Morgan fingerprint density at radius 2 is 1.92 bits per heavy atom. The summed E-state index contributed by atoms with van der Waals surface area (Å²) < 4.78 is 5.32. The molecule has 0 aliphatic carbocycles. The SMILES string of the molecule is CC(C)(C)c1cc(C(=O)N2C[C@@H](N)[C@H](c3ccccc3)C2)no1.Cl. The molecule has 6 heteroatoms. The van der Waals surface area contributed by atoms with Crippen molar-refractivity contribution in [1.82, 2.24) is 10.1 Å². The van der Waals surface area contributed by atoms with E-state index in [1.807, 2.05) is 39.0 Å². The van der Waals surface area contributed by atoms with Crippen molar-refractivity contribution in [3.63, 3.8) is 0 Å². The molecule has 1 fully saturated rings. The molecule has 2 aromatic rings. The van der Waals surface area contributed by atoms with Crippen molar-refractivity contribution in [1.29, 1.82) is 0 Å². The van der Waals surface area contributed by atoms with Crippen LogP contribution in [0.1, 0.15) is 48.5 Å². The maximum Gasteiger partial charge on any atom is 0.276 e. The summed E-state index contributed by atoms with van der Waals surface area (Å²) in [5.74, 6) is 0.760. The van der Waals surface area contributed by atoms with Crippen LogP contribution in [-0.4, -0.2) is 35.1 Å². The fourth-order valence-electron chi connectivity index (χ4n) is 2.94. The van der Waals surface area contributed by atoms with E-state index in [9.17, 15) is 4.79 Å². The molecule has 130 valence electrons. The molecule has 1 aliphatic heterocycles. The molecule has 2 N–H and O–H groups in total. The lowest BCUT2D eigenvalue weighted by Crippen LogP contribution is -2.32. The van der Waals surface area contributed by atoms with Gasteiger partial charge >= 0.3 is 0 Å². The molecule has 2 atom stereocenters. The largest absolute Gasteiger partial charge is 0.360 e. The van der Waals surface area contributed by atoms with Crippen LogP contribution in [0.5, 0.6) is 0 Å². The molecule has 1 aliphatic rings. The lowest BCUT2D eigenvalue weighted by molar-refractivity contribution is 0.0778. The predicted octanol–water partition coefficient (Wildman–Crippen LogP) is 2.96. The van der Waals surface area contributed by atoms with E-state index in [1.165, 1.54) is 5.56 Å². The van der Waals surface area contributed by atoms with Crippen LogP contribution in [0.3, 0.4) is 0 Å². The van der Waals surface area contributed by atoms with E-state index in [4.69, 9.17) is 10.3 Å². The van der Waals surface area contributed by atoms with Gasteiger partial charge in [-0.1, -0.05) is 56.3 Å². The molecule has 0 unspecified atom stereocenters. The van der Waals surface area contributed by atoms with E-state index in [0.717, 1.165) is 0 Å². The van der Waals surface area contributed by atoms with Crippen LogP contribution < -0.4 is 5.73 Å². The van der Waals surface area contributed by atoms with Crippen molar-refractivity contribution >= 4 is 18.3 Å². The Morgan fingerprint density at radius 3 is 2.50 bits per heavy atom. The third-order valence-corrected chi connectivity index (χ3v) is 4.35. The molecule has 24 heavy (non-hydrogen) atoms. The third kappa shape index (κ3) is 3.62. The number of rotatable bonds is 2. The number of hydrogen-bond donors (Lipinski definition) is 1. The van der Waals surface area contributed by atoms with E-state index >= 15 is 0 Å². The number of halogens is 1. The Kier molecular flexibility index (Phi) is 5.35. The standard InChI is InChI=1S/C18H23N3O2.ClH/c1-18(2,3)16-9-15(20-23-16)17(22)21-10-13(14(19)11-21)12-7-5-4-6-8-12;/h4-9,13-14H,10-11,19H2,1-3H3;1H/t13-,14+;/m0./s1. The summed E-state index contributed by atoms with van der Waals surface area (Å²) in [5, 5.41) is 3.94. The third-order valence-electron chi connectivity index (χ3n) is 4.35. The maximum atomic E-state index is 12.7. The van der Waals surface area contributed by atoms with Crippen LogP contribution in [0.4, 0.5) is 0 Å². The van der Waals surface area contributed by atoms with E-state index in [1.54, 1.807) is 11.0 Å². The molecule has 0 radical (unpaired) electrons. The van der Waals surface area contributed by atoms with Gasteiger partial charge in [0.15, 0.2) is 5.69 Å². The summed E-state index contributed by atoms with van der Waals surface area (Å²) >= 11 is 0. The van der Waals surface area contributed by atoms with Crippen LogP contribution in [0.15, 0.2) is 40.9 Å². The zero-order valence-corrected chi connectivity index (χ0v) is 15.0. The normalized spacial score (nSPS) is 20.8. The van der Waals surface area contributed by atoms with Crippen molar-refractivity contribution < 1.29 is 9.32 Å². The number of amides is 1. The highest BCUT2D eigenvalue weighted by molar-refractivity contribution is 5.92. The Morgan fingerprint density at radius 1 is 1.25 bits per heavy atom. The van der Waals surface area contributed by atoms with Crippen molar-refractivity contribution in [2.75, 3.05) is 13.1 Å². The molecule has 0 saturated carbocycles. The molecule has 0 bridgehead atoms. The van der Waals surface area contributed by atoms with Crippen molar-refractivity contribution in [2.24, 2.45) is 5.73 Å². The van der Waals surface area contributed by atoms with Crippen LogP contribution >= 0.6 is 12.4 Å². The Bertz CT molecular complexity index is 694.